The molecule has 3 rings (SSSR count). The average molecular weight is 330 g/mol. The Morgan fingerprint density at radius 2 is 2.00 bits per heavy atom. The largest absolute Gasteiger partial charge is 0.497 e. The van der Waals surface area contributed by atoms with Crippen LogP contribution in [0.4, 0.5) is 4.39 Å². The van der Waals surface area contributed by atoms with Crippen molar-refractivity contribution in [3.63, 3.8) is 0 Å². The van der Waals surface area contributed by atoms with E-state index in [1.165, 1.54) is 28.6 Å². The molecule has 0 aliphatic carbocycles. The van der Waals surface area contributed by atoms with Crippen molar-refractivity contribution in [1.82, 2.24) is 14.9 Å². The molecule has 0 atom stereocenters. The molecule has 0 aliphatic heterocycles. The van der Waals surface area contributed by atoms with Gasteiger partial charge in [-0.3, -0.25) is 0 Å². The van der Waals surface area contributed by atoms with Gasteiger partial charge in [-0.15, -0.1) is 10.2 Å². The molecule has 2 aromatic carbocycles. The Morgan fingerprint density at radius 1 is 1.17 bits per heavy atom. The molecular weight excluding hydrogens is 315 g/mol. The minimum absolute atomic E-state index is 0.337. The topological polar surface area (TPSA) is 66.0 Å². The zero-order chi connectivity index (χ0) is 16.2. The van der Waals surface area contributed by atoms with Gasteiger partial charge in [-0.2, -0.15) is 0 Å². The van der Waals surface area contributed by atoms with Crippen LogP contribution in [-0.2, 0) is 5.75 Å². The molecule has 0 bridgehead atoms. The van der Waals surface area contributed by atoms with E-state index in [0.717, 1.165) is 11.3 Å². The second kappa shape index (κ2) is 6.70. The molecule has 5 nitrogen and oxygen atoms in total. The molecule has 2 N–H and O–H groups in total. The Morgan fingerprint density at radius 3 is 2.78 bits per heavy atom. The van der Waals surface area contributed by atoms with E-state index in [-0.39, 0.29) is 5.82 Å². The maximum absolute atomic E-state index is 13.3. The zero-order valence-corrected chi connectivity index (χ0v) is 13.3. The predicted molar refractivity (Wildman–Crippen MR) is 88.1 cm³/mol. The average Bonchev–Trinajstić information content (AvgIpc) is 2.94. The molecule has 0 saturated heterocycles. The lowest BCUT2D eigenvalue weighted by Crippen LogP contribution is -2.11. The summed E-state index contributed by atoms with van der Waals surface area (Å²) in [5.74, 6) is 7.60. The van der Waals surface area contributed by atoms with Crippen LogP contribution in [0.5, 0.6) is 5.75 Å². The van der Waals surface area contributed by atoms with Crippen molar-refractivity contribution in [2.45, 2.75) is 10.9 Å². The zero-order valence-electron chi connectivity index (χ0n) is 12.4. The van der Waals surface area contributed by atoms with Crippen molar-refractivity contribution in [1.29, 1.82) is 0 Å². The molecule has 0 fully saturated rings. The molecule has 1 heterocycles. The molecule has 7 heteroatoms. The van der Waals surface area contributed by atoms with Crippen molar-refractivity contribution in [3.8, 4) is 17.1 Å². The third-order valence-corrected chi connectivity index (χ3v) is 4.26. The molecule has 0 saturated carbocycles. The first kappa shape index (κ1) is 15.4. The predicted octanol–water partition coefficient (Wildman–Crippen LogP) is 3.10. The molecule has 0 spiro atoms. The van der Waals surface area contributed by atoms with Crippen LogP contribution in [0.2, 0.25) is 0 Å². The number of hydrogen-bond acceptors (Lipinski definition) is 5. The molecule has 0 amide bonds. The summed E-state index contributed by atoms with van der Waals surface area (Å²) in [5, 5.41) is 8.69. The lowest BCUT2D eigenvalue weighted by atomic mass is 10.2. The summed E-state index contributed by atoms with van der Waals surface area (Å²) in [5.41, 5.74) is 1.68. The number of halogens is 1. The molecule has 0 radical (unpaired) electrons. The Balaban J connectivity index is 1.77. The maximum atomic E-state index is 13.3. The summed E-state index contributed by atoms with van der Waals surface area (Å²) in [6, 6.07) is 13.9. The van der Waals surface area contributed by atoms with Crippen LogP contribution in [-0.4, -0.2) is 22.0 Å². The van der Waals surface area contributed by atoms with E-state index in [2.05, 4.69) is 10.2 Å². The minimum atomic E-state index is -0.337. The van der Waals surface area contributed by atoms with Crippen molar-refractivity contribution in [3.05, 3.63) is 59.9 Å². The summed E-state index contributed by atoms with van der Waals surface area (Å²) >= 11 is 1.45. The van der Waals surface area contributed by atoms with Gasteiger partial charge in [0.05, 0.1) is 7.11 Å². The number of benzene rings is 2. The second-order valence-corrected chi connectivity index (χ2v) is 5.77. The second-order valence-electron chi connectivity index (χ2n) is 4.83. The van der Waals surface area contributed by atoms with Gasteiger partial charge in [-0.05, 0) is 29.8 Å². The number of nitrogens with zero attached hydrogens (tertiary/aromatic N) is 3. The number of ether oxygens (including phenoxy) is 1. The van der Waals surface area contributed by atoms with Crippen LogP contribution in [0.15, 0.2) is 53.7 Å². The monoisotopic (exact) mass is 330 g/mol. The third kappa shape index (κ3) is 3.45. The Kier molecular flexibility index (Phi) is 4.47. The highest BCUT2D eigenvalue weighted by Crippen LogP contribution is 2.25. The first-order chi connectivity index (χ1) is 11.2. The van der Waals surface area contributed by atoms with Gasteiger partial charge < -0.3 is 10.6 Å². The van der Waals surface area contributed by atoms with Crippen LogP contribution in [0, 0.1) is 5.82 Å². The van der Waals surface area contributed by atoms with Crippen LogP contribution in [0.25, 0.3) is 11.4 Å². The number of hydrogen-bond donors (Lipinski definition) is 1. The smallest absolute Gasteiger partial charge is 0.210 e. The normalized spacial score (nSPS) is 10.7. The number of aromatic nitrogens is 3. The molecule has 1 aromatic heterocycles. The van der Waals surface area contributed by atoms with E-state index >= 15 is 0 Å². The van der Waals surface area contributed by atoms with E-state index in [1.807, 2.05) is 24.3 Å². The Labute approximate surface area is 137 Å². The fourth-order valence-electron chi connectivity index (χ4n) is 2.11. The van der Waals surface area contributed by atoms with Crippen LogP contribution in [0.3, 0.4) is 0 Å². The van der Waals surface area contributed by atoms with Gasteiger partial charge in [-0.1, -0.05) is 36.0 Å². The first-order valence-corrected chi connectivity index (χ1v) is 7.88. The number of nitrogen functional groups attached to an aromatic ring is 1. The SMILES string of the molecule is COc1cccc(CSc2nnc(-c3cccc(F)c3)n2N)c1. The van der Waals surface area contributed by atoms with E-state index < -0.39 is 0 Å². The van der Waals surface area contributed by atoms with E-state index in [4.69, 9.17) is 10.6 Å². The van der Waals surface area contributed by atoms with E-state index in [1.54, 1.807) is 19.2 Å². The highest BCUT2D eigenvalue weighted by Gasteiger charge is 2.13. The van der Waals surface area contributed by atoms with Crippen molar-refractivity contribution < 1.29 is 9.13 Å². The van der Waals surface area contributed by atoms with E-state index in [9.17, 15) is 4.39 Å². The van der Waals surface area contributed by atoms with Gasteiger partial charge in [0.15, 0.2) is 5.82 Å². The molecule has 118 valence electrons. The van der Waals surface area contributed by atoms with Gasteiger partial charge in [0.1, 0.15) is 11.6 Å². The number of thioether (sulfide) groups is 1. The Bertz CT molecular complexity index is 821. The van der Waals surface area contributed by atoms with Crippen LogP contribution < -0.4 is 10.6 Å². The first-order valence-electron chi connectivity index (χ1n) is 6.89. The summed E-state index contributed by atoms with van der Waals surface area (Å²) in [4.78, 5) is 0. The molecule has 0 aliphatic rings. The Hall–Kier alpha value is -2.54. The number of methoxy groups -OCH3 is 1. The molecule has 23 heavy (non-hydrogen) atoms. The molecule has 0 unspecified atom stereocenters. The van der Waals surface area contributed by atoms with Gasteiger partial charge in [0.2, 0.25) is 5.16 Å². The summed E-state index contributed by atoms with van der Waals surface area (Å²) in [6.07, 6.45) is 0. The van der Waals surface area contributed by atoms with E-state index in [0.29, 0.717) is 22.3 Å². The van der Waals surface area contributed by atoms with Gasteiger partial charge in [-0.25, -0.2) is 9.07 Å². The summed E-state index contributed by atoms with van der Waals surface area (Å²) < 4.78 is 19.9. The minimum Gasteiger partial charge on any atom is -0.497 e. The summed E-state index contributed by atoms with van der Waals surface area (Å²) in [6.45, 7) is 0. The lowest BCUT2D eigenvalue weighted by Gasteiger charge is -2.05. The fourth-order valence-corrected chi connectivity index (χ4v) is 2.91. The maximum Gasteiger partial charge on any atom is 0.210 e. The van der Waals surface area contributed by atoms with Crippen molar-refractivity contribution >= 4 is 11.8 Å². The summed E-state index contributed by atoms with van der Waals surface area (Å²) in [7, 11) is 1.63. The number of rotatable bonds is 5. The highest BCUT2D eigenvalue weighted by molar-refractivity contribution is 7.98. The van der Waals surface area contributed by atoms with Crippen LogP contribution >= 0.6 is 11.8 Å². The quantitative estimate of drug-likeness (QED) is 0.575. The number of nitrogens with two attached hydrogens (primary N) is 1. The van der Waals surface area contributed by atoms with Gasteiger partial charge >= 0.3 is 0 Å². The van der Waals surface area contributed by atoms with Crippen molar-refractivity contribution in [2.75, 3.05) is 13.0 Å². The standard InChI is InChI=1S/C16H15FN4OS/c1-22-14-7-2-4-11(8-14)10-23-16-20-19-15(21(16)18)12-5-3-6-13(17)9-12/h2-9H,10,18H2,1H3. The fraction of sp³-hybridized carbons (Fsp3) is 0.125. The van der Waals surface area contributed by atoms with Gasteiger partial charge in [0, 0.05) is 11.3 Å². The lowest BCUT2D eigenvalue weighted by molar-refractivity contribution is 0.414. The third-order valence-electron chi connectivity index (χ3n) is 3.25. The molecular formula is C16H15FN4OS. The molecule has 3 aromatic rings. The van der Waals surface area contributed by atoms with Gasteiger partial charge in [0.25, 0.3) is 0 Å². The highest BCUT2D eigenvalue weighted by atomic mass is 32.2. The van der Waals surface area contributed by atoms with Crippen LogP contribution in [0.1, 0.15) is 5.56 Å². The van der Waals surface area contributed by atoms with Crippen molar-refractivity contribution in [2.24, 2.45) is 0 Å².